The molecule has 6 heteroatoms. The number of nitrogens with zero attached hydrogens (tertiary/aromatic N) is 2. The van der Waals surface area contributed by atoms with Crippen LogP contribution in [0.15, 0.2) is 84.0 Å². The third kappa shape index (κ3) is 4.43. The molecule has 3 aromatic carbocycles. The SMILES string of the molecule is COc1ccc(OCC(=O)n2c(SCc3ccccc3)nc3ccccc32)cc1. The molecule has 146 valence electrons. The van der Waals surface area contributed by atoms with Gasteiger partial charge in [-0.3, -0.25) is 9.36 Å². The van der Waals surface area contributed by atoms with Crippen molar-refractivity contribution in [2.75, 3.05) is 13.7 Å². The number of aromatic nitrogens is 2. The molecule has 0 aliphatic carbocycles. The Labute approximate surface area is 173 Å². The van der Waals surface area contributed by atoms with Crippen molar-refractivity contribution in [1.29, 1.82) is 0 Å². The van der Waals surface area contributed by atoms with Crippen LogP contribution in [0.1, 0.15) is 10.4 Å². The van der Waals surface area contributed by atoms with Gasteiger partial charge in [-0.1, -0.05) is 54.2 Å². The van der Waals surface area contributed by atoms with Crippen molar-refractivity contribution in [2.24, 2.45) is 0 Å². The van der Waals surface area contributed by atoms with Gasteiger partial charge < -0.3 is 9.47 Å². The van der Waals surface area contributed by atoms with Gasteiger partial charge in [-0.05, 0) is 42.0 Å². The number of hydrogen-bond donors (Lipinski definition) is 0. The summed E-state index contributed by atoms with van der Waals surface area (Å²) in [6.07, 6.45) is 0. The fraction of sp³-hybridized carbons (Fsp3) is 0.130. The van der Waals surface area contributed by atoms with Gasteiger partial charge in [-0.25, -0.2) is 4.98 Å². The molecule has 0 unspecified atom stereocenters. The fourth-order valence-electron chi connectivity index (χ4n) is 2.95. The smallest absolute Gasteiger partial charge is 0.271 e. The highest BCUT2D eigenvalue weighted by Crippen LogP contribution is 2.27. The molecule has 0 atom stereocenters. The minimum Gasteiger partial charge on any atom is -0.497 e. The number of para-hydroxylation sites is 2. The van der Waals surface area contributed by atoms with E-state index in [1.54, 1.807) is 35.9 Å². The van der Waals surface area contributed by atoms with Crippen molar-refractivity contribution in [1.82, 2.24) is 9.55 Å². The van der Waals surface area contributed by atoms with Crippen molar-refractivity contribution in [2.45, 2.75) is 10.9 Å². The monoisotopic (exact) mass is 404 g/mol. The van der Waals surface area contributed by atoms with Crippen molar-refractivity contribution in [3.05, 3.63) is 84.4 Å². The van der Waals surface area contributed by atoms with Gasteiger partial charge in [0.25, 0.3) is 5.91 Å². The van der Waals surface area contributed by atoms with E-state index < -0.39 is 0 Å². The second kappa shape index (κ2) is 8.84. The van der Waals surface area contributed by atoms with Crippen LogP contribution < -0.4 is 9.47 Å². The largest absolute Gasteiger partial charge is 0.497 e. The first-order valence-electron chi connectivity index (χ1n) is 9.19. The number of rotatable bonds is 7. The lowest BCUT2D eigenvalue weighted by Gasteiger charge is -2.10. The minimum absolute atomic E-state index is 0.0778. The van der Waals surface area contributed by atoms with Gasteiger partial charge in [0.1, 0.15) is 11.5 Å². The molecule has 0 bridgehead atoms. The predicted octanol–water partition coefficient (Wildman–Crippen LogP) is 5.06. The van der Waals surface area contributed by atoms with Crippen LogP contribution in [0.3, 0.4) is 0 Å². The lowest BCUT2D eigenvalue weighted by Crippen LogP contribution is -2.20. The lowest BCUT2D eigenvalue weighted by molar-refractivity contribution is 0.0832. The van der Waals surface area contributed by atoms with E-state index >= 15 is 0 Å². The van der Waals surface area contributed by atoms with Crippen LogP contribution in [0.2, 0.25) is 0 Å². The number of methoxy groups -OCH3 is 1. The summed E-state index contributed by atoms with van der Waals surface area (Å²) in [4.78, 5) is 17.7. The Morgan fingerprint density at radius 3 is 2.38 bits per heavy atom. The van der Waals surface area contributed by atoms with E-state index in [1.807, 2.05) is 42.5 Å². The molecule has 0 spiro atoms. The van der Waals surface area contributed by atoms with Crippen LogP contribution in [0.25, 0.3) is 11.0 Å². The molecular weight excluding hydrogens is 384 g/mol. The number of imidazole rings is 1. The van der Waals surface area contributed by atoms with Crippen LogP contribution in [-0.2, 0) is 5.75 Å². The van der Waals surface area contributed by atoms with Crippen LogP contribution in [0.4, 0.5) is 0 Å². The zero-order valence-electron chi connectivity index (χ0n) is 15.9. The summed E-state index contributed by atoms with van der Waals surface area (Å²) in [5.41, 5.74) is 2.75. The third-order valence-corrected chi connectivity index (χ3v) is 5.42. The number of hydrogen-bond acceptors (Lipinski definition) is 5. The van der Waals surface area contributed by atoms with E-state index in [0.29, 0.717) is 10.9 Å². The second-order valence-corrected chi connectivity index (χ2v) is 7.29. The van der Waals surface area contributed by atoms with Crippen molar-refractivity contribution < 1.29 is 14.3 Å². The quantitative estimate of drug-likeness (QED) is 0.403. The standard InChI is InChI=1S/C23H20N2O3S/c1-27-18-11-13-19(14-12-18)28-15-22(26)25-21-10-6-5-9-20(21)24-23(25)29-16-17-7-3-2-4-8-17/h2-14H,15-16H2,1H3. The maximum Gasteiger partial charge on any atom is 0.271 e. The van der Waals surface area contributed by atoms with Crippen molar-refractivity contribution >= 4 is 28.7 Å². The Morgan fingerprint density at radius 2 is 1.62 bits per heavy atom. The number of ether oxygens (including phenoxy) is 2. The molecule has 1 heterocycles. The first kappa shape index (κ1) is 19.1. The third-order valence-electron chi connectivity index (χ3n) is 4.41. The van der Waals surface area contributed by atoms with E-state index in [0.717, 1.165) is 22.5 Å². The molecule has 1 aromatic heterocycles. The maximum absolute atomic E-state index is 13.0. The summed E-state index contributed by atoms with van der Waals surface area (Å²) in [6.45, 7) is -0.0778. The van der Waals surface area contributed by atoms with Crippen molar-refractivity contribution in [3.8, 4) is 11.5 Å². The molecular formula is C23H20N2O3S. The average Bonchev–Trinajstić information content (AvgIpc) is 3.15. The topological polar surface area (TPSA) is 53.4 Å². The molecule has 0 radical (unpaired) electrons. The highest BCUT2D eigenvalue weighted by atomic mass is 32.2. The summed E-state index contributed by atoms with van der Waals surface area (Å²) < 4.78 is 12.5. The molecule has 0 saturated heterocycles. The van der Waals surface area contributed by atoms with E-state index in [-0.39, 0.29) is 12.5 Å². The van der Waals surface area contributed by atoms with Crippen molar-refractivity contribution in [3.63, 3.8) is 0 Å². The number of thioether (sulfide) groups is 1. The molecule has 0 aliphatic rings. The lowest BCUT2D eigenvalue weighted by atomic mass is 10.2. The van der Waals surface area contributed by atoms with Gasteiger partial charge in [-0.2, -0.15) is 0 Å². The van der Waals surface area contributed by atoms with Gasteiger partial charge in [0.15, 0.2) is 11.8 Å². The summed E-state index contributed by atoms with van der Waals surface area (Å²) in [5.74, 6) is 1.92. The Balaban J connectivity index is 1.54. The summed E-state index contributed by atoms with van der Waals surface area (Å²) in [6, 6.07) is 24.9. The van der Waals surface area contributed by atoms with Crippen LogP contribution >= 0.6 is 11.8 Å². The molecule has 0 amide bonds. The second-order valence-electron chi connectivity index (χ2n) is 6.35. The van der Waals surface area contributed by atoms with Gasteiger partial charge in [0.2, 0.25) is 0 Å². The highest BCUT2D eigenvalue weighted by Gasteiger charge is 2.18. The zero-order chi connectivity index (χ0) is 20.1. The number of fused-ring (bicyclic) bond motifs is 1. The average molecular weight is 404 g/mol. The summed E-state index contributed by atoms with van der Waals surface area (Å²) >= 11 is 1.54. The van der Waals surface area contributed by atoms with Crippen LogP contribution in [-0.4, -0.2) is 29.2 Å². The van der Waals surface area contributed by atoms with Gasteiger partial charge in [0.05, 0.1) is 18.1 Å². The number of benzene rings is 3. The Morgan fingerprint density at radius 1 is 0.931 bits per heavy atom. The maximum atomic E-state index is 13.0. The highest BCUT2D eigenvalue weighted by molar-refractivity contribution is 7.98. The molecule has 4 rings (SSSR count). The van der Waals surface area contributed by atoms with E-state index in [2.05, 4.69) is 17.1 Å². The molecule has 0 fully saturated rings. The van der Waals surface area contributed by atoms with E-state index in [1.165, 1.54) is 17.3 Å². The zero-order valence-corrected chi connectivity index (χ0v) is 16.8. The first-order valence-corrected chi connectivity index (χ1v) is 10.2. The molecule has 0 saturated carbocycles. The Hall–Kier alpha value is -3.25. The van der Waals surface area contributed by atoms with Gasteiger partial charge in [-0.15, -0.1) is 0 Å². The normalized spacial score (nSPS) is 10.8. The van der Waals surface area contributed by atoms with Crippen LogP contribution in [0, 0.1) is 0 Å². The number of carbonyl (C=O) groups is 1. The molecule has 0 N–H and O–H groups in total. The van der Waals surface area contributed by atoms with Gasteiger partial charge in [0, 0.05) is 5.75 Å². The van der Waals surface area contributed by atoms with E-state index in [4.69, 9.17) is 9.47 Å². The summed E-state index contributed by atoms with van der Waals surface area (Å²) in [7, 11) is 1.61. The molecule has 0 aliphatic heterocycles. The molecule has 29 heavy (non-hydrogen) atoms. The van der Waals surface area contributed by atoms with Crippen LogP contribution in [0.5, 0.6) is 11.5 Å². The predicted molar refractivity (Wildman–Crippen MR) is 115 cm³/mol. The first-order chi connectivity index (χ1) is 14.2. The molecule has 5 nitrogen and oxygen atoms in total. The minimum atomic E-state index is -0.162. The Kier molecular flexibility index (Phi) is 5.81. The summed E-state index contributed by atoms with van der Waals surface area (Å²) in [5, 5.41) is 0.665. The molecule has 4 aromatic rings. The van der Waals surface area contributed by atoms with E-state index in [9.17, 15) is 4.79 Å². The fourth-order valence-corrected chi connectivity index (χ4v) is 3.93. The number of carbonyl (C=O) groups excluding carboxylic acids is 1. The van der Waals surface area contributed by atoms with Gasteiger partial charge >= 0.3 is 0 Å². The Bertz CT molecular complexity index is 1110.